The molecule has 0 amide bonds. The van der Waals surface area contributed by atoms with Crippen molar-refractivity contribution < 1.29 is 13.2 Å². The fourth-order valence-electron chi connectivity index (χ4n) is 1.56. The van der Waals surface area contributed by atoms with E-state index in [4.69, 9.17) is 4.74 Å². The average Bonchev–Trinajstić information content (AvgIpc) is 2.35. The first kappa shape index (κ1) is 15.5. The fraction of sp³-hybridized carbons (Fsp3) is 0.500. The SMILES string of the molecule is CCC(CC)NS(=O)(=O)c1ccc(OC)c(Br)c1. The third-order valence-electron chi connectivity index (χ3n) is 2.74. The Morgan fingerprint density at radius 1 is 1.33 bits per heavy atom. The Labute approximate surface area is 117 Å². The Hall–Kier alpha value is -0.590. The molecule has 0 unspecified atom stereocenters. The number of methoxy groups -OCH3 is 1. The largest absolute Gasteiger partial charge is 0.496 e. The standard InChI is InChI=1S/C12H18BrNO3S/c1-4-9(5-2)14-18(15,16)10-6-7-12(17-3)11(13)8-10/h6-9,14H,4-5H2,1-3H3. The molecule has 0 aliphatic rings. The van der Waals surface area contributed by atoms with E-state index in [1.54, 1.807) is 12.1 Å². The highest BCUT2D eigenvalue weighted by Gasteiger charge is 2.19. The second-order valence-corrected chi connectivity index (χ2v) is 6.50. The summed E-state index contributed by atoms with van der Waals surface area (Å²) in [7, 11) is -1.93. The number of benzene rings is 1. The minimum absolute atomic E-state index is 0.0316. The predicted molar refractivity (Wildman–Crippen MR) is 75.4 cm³/mol. The fourth-order valence-corrected chi connectivity index (χ4v) is 3.68. The minimum Gasteiger partial charge on any atom is -0.496 e. The molecular weight excluding hydrogens is 318 g/mol. The van der Waals surface area contributed by atoms with Crippen LogP contribution in [0.4, 0.5) is 0 Å². The molecule has 0 aliphatic heterocycles. The lowest BCUT2D eigenvalue weighted by atomic mass is 10.2. The summed E-state index contributed by atoms with van der Waals surface area (Å²) in [4.78, 5) is 0.238. The van der Waals surface area contributed by atoms with Crippen molar-refractivity contribution in [3.8, 4) is 5.75 Å². The van der Waals surface area contributed by atoms with Gasteiger partial charge in [0.05, 0.1) is 16.5 Å². The topological polar surface area (TPSA) is 55.4 Å². The number of sulfonamides is 1. The van der Waals surface area contributed by atoms with E-state index in [2.05, 4.69) is 20.7 Å². The molecule has 6 heteroatoms. The van der Waals surface area contributed by atoms with Gasteiger partial charge in [-0.25, -0.2) is 13.1 Å². The number of ether oxygens (including phenoxy) is 1. The van der Waals surface area contributed by atoms with Crippen LogP contribution >= 0.6 is 15.9 Å². The minimum atomic E-state index is -3.47. The van der Waals surface area contributed by atoms with Crippen LogP contribution in [0, 0.1) is 0 Å². The van der Waals surface area contributed by atoms with Crippen molar-refractivity contribution in [1.82, 2.24) is 4.72 Å². The van der Waals surface area contributed by atoms with Crippen molar-refractivity contribution in [2.75, 3.05) is 7.11 Å². The van der Waals surface area contributed by atoms with Crippen LogP contribution < -0.4 is 9.46 Å². The summed E-state index contributed by atoms with van der Waals surface area (Å²) >= 11 is 3.28. The zero-order chi connectivity index (χ0) is 13.8. The molecule has 0 bridgehead atoms. The molecule has 1 aromatic carbocycles. The Balaban J connectivity index is 3.02. The third-order valence-corrected chi connectivity index (χ3v) is 4.88. The molecule has 0 spiro atoms. The highest BCUT2D eigenvalue weighted by Crippen LogP contribution is 2.27. The normalized spacial score (nSPS) is 11.8. The maximum absolute atomic E-state index is 12.1. The summed E-state index contributed by atoms with van der Waals surface area (Å²) < 4.78 is 32.7. The van der Waals surface area contributed by atoms with E-state index in [-0.39, 0.29) is 10.9 Å². The molecule has 0 aromatic heterocycles. The Morgan fingerprint density at radius 2 is 1.94 bits per heavy atom. The summed E-state index contributed by atoms with van der Waals surface area (Å²) in [6.07, 6.45) is 1.54. The lowest BCUT2D eigenvalue weighted by Gasteiger charge is -2.15. The molecule has 0 fully saturated rings. The van der Waals surface area contributed by atoms with Gasteiger partial charge in [0.15, 0.2) is 0 Å². The summed E-state index contributed by atoms with van der Waals surface area (Å²) in [5, 5.41) is 0. The van der Waals surface area contributed by atoms with Crippen LogP contribution in [-0.4, -0.2) is 21.6 Å². The van der Waals surface area contributed by atoms with Crippen LogP contribution in [0.1, 0.15) is 26.7 Å². The Morgan fingerprint density at radius 3 is 2.39 bits per heavy atom. The zero-order valence-corrected chi connectivity index (χ0v) is 13.1. The van der Waals surface area contributed by atoms with Gasteiger partial charge >= 0.3 is 0 Å². The third kappa shape index (κ3) is 3.70. The predicted octanol–water partition coefficient (Wildman–Crippen LogP) is 2.92. The van der Waals surface area contributed by atoms with Crippen molar-refractivity contribution >= 4 is 26.0 Å². The van der Waals surface area contributed by atoms with Crippen molar-refractivity contribution in [2.24, 2.45) is 0 Å². The van der Waals surface area contributed by atoms with Crippen LogP contribution in [0.3, 0.4) is 0 Å². The number of hydrogen-bond acceptors (Lipinski definition) is 3. The number of rotatable bonds is 6. The first-order valence-electron chi connectivity index (χ1n) is 5.80. The second-order valence-electron chi connectivity index (χ2n) is 3.93. The average molecular weight is 336 g/mol. The zero-order valence-electron chi connectivity index (χ0n) is 10.7. The molecule has 1 aromatic rings. The summed E-state index contributed by atoms with van der Waals surface area (Å²) in [5.41, 5.74) is 0. The highest BCUT2D eigenvalue weighted by atomic mass is 79.9. The van der Waals surface area contributed by atoms with Crippen LogP contribution in [0.25, 0.3) is 0 Å². The molecule has 1 rings (SSSR count). The monoisotopic (exact) mass is 335 g/mol. The van der Waals surface area contributed by atoms with Crippen molar-refractivity contribution in [3.05, 3.63) is 22.7 Å². The summed E-state index contributed by atoms with van der Waals surface area (Å²) in [6, 6.07) is 4.68. The Bertz CT molecular complexity index is 498. The summed E-state index contributed by atoms with van der Waals surface area (Å²) in [5.74, 6) is 0.608. The molecule has 18 heavy (non-hydrogen) atoms. The van der Waals surface area contributed by atoms with Gasteiger partial charge in [-0.15, -0.1) is 0 Å². The first-order chi connectivity index (χ1) is 8.44. The quantitative estimate of drug-likeness (QED) is 0.869. The van der Waals surface area contributed by atoms with Gasteiger partial charge in [0, 0.05) is 6.04 Å². The lowest BCUT2D eigenvalue weighted by molar-refractivity contribution is 0.411. The summed E-state index contributed by atoms with van der Waals surface area (Å²) in [6.45, 7) is 3.92. The molecule has 4 nitrogen and oxygen atoms in total. The van der Waals surface area contributed by atoms with Gasteiger partial charge in [-0.1, -0.05) is 13.8 Å². The Kier molecular flexibility index (Phi) is 5.62. The molecule has 0 atom stereocenters. The maximum atomic E-state index is 12.1. The molecule has 0 saturated heterocycles. The van der Waals surface area contributed by atoms with Gasteiger partial charge in [0.25, 0.3) is 0 Å². The van der Waals surface area contributed by atoms with E-state index in [1.807, 2.05) is 13.8 Å². The molecule has 0 aliphatic carbocycles. The van der Waals surface area contributed by atoms with Crippen LogP contribution in [-0.2, 0) is 10.0 Å². The number of hydrogen-bond donors (Lipinski definition) is 1. The van der Waals surface area contributed by atoms with Crippen LogP contribution in [0.2, 0.25) is 0 Å². The number of nitrogens with one attached hydrogen (secondary N) is 1. The molecular formula is C12H18BrNO3S. The van der Waals surface area contributed by atoms with Crippen molar-refractivity contribution in [3.63, 3.8) is 0 Å². The van der Waals surface area contributed by atoms with Crippen molar-refractivity contribution in [2.45, 2.75) is 37.6 Å². The van der Waals surface area contributed by atoms with Crippen LogP contribution in [0.15, 0.2) is 27.6 Å². The first-order valence-corrected chi connectivity index (χ1v) is 8.08. The van der Waals surface area contributed by atoms with Crippen LogP contribution in [0.5, 0.6) is 5.75 Å². The van der Waals surface area contributed by atoms with E-state index in [9.17, 15) is 8.42 Å². The van der Waals surface area contributed by atoms with Gasteiger partial charge in [0.2, 0.25) is 10.0 Å². The molecule has 0 radical (unpaired) electrons. The van der Waals surface area contributed by atoms with Gasteiger partial charge in [-0.05, 0) is 47.0 Å². The van der Waals surface area contributed by atoms with Gasteiger partial charge in [0.1, 0.15) is 5.75 Å². The molecule has 1 N–H and O–H groups in total. The second kappa shape index (κ2) is 6.54. The van der Waals surface area contributed by atoms with Gasteiger partial charge in [-0.2, -0.15) is 0 Å². The smallest absolute Gasteiger partial charge is 0.240 e. The van der Waals surface area contributed by atoms with E-state index >= 15 is 0 Å². The van der Waals surface area contributed by atoms with Crippen molar-refractivity contribution in [1.29, 1.82) is 0 Å². The number of halogens is 1. The molecule has 0 saturated carbocycles. The lowest BCUT2D eigenvalue weighted by Crippen LogP contribution is -2.33. The highest BCUT2D eigenvalue weighted by molar-refractivity contribution is 9.10. The van der Waals surface area contributed by atoms with E-state index in [1.165, 1.54) is 13.2 Å². The molecule has 102 valence electrons. The maximum Gasteiger partial charge on any atom is 0.240 e. The molecule has 0 heterocycles. The van der Waals surface area contributed by atoms with E-state index in [0.717, 1.165) is 12.8 Å². The van der Waals surface area contributed by atoms with E-state index in [0.29, 0.717) is 10.2 Å². The van der Waals surface area contributed by atoms with E-state index < -0.39 is 10.0 Å². The van der Waals surface area contributed by atoms with Gasteiger partial charge < -0.3 is 4.74 Å². The van der Waals surface area contributed by atoms with Gasteiger partial charge in [-0.3, -0.25) is 0 Å².